The summed E-state index contributed by atoms with van der Waals surface area (Å²) in [5.41, 5.74) is 5.65. The molecule has 0 fully saturated rings. The zero-order chi connectivity index (χ0) is 19.3. The van der Waals surface area contributed by atoms with Crippen LogP contribution in [0.3, 0.4) is 0 Å². The van der Waals surface area contributed by atoms with Crippen molar-refractivity contribution in [3.05, 3.63) is 92.2 Å². The van der Waals surface area contributed by atoms with Crippen LogP contribution < -0.4 is 21.4 Å². The zero-order valence-electron chi connectivity index (χ0n) is 16.4. The summed E-state index contributed by atoms with van der Waals surface area (Å²) < 4.78 is 0. The normalized spacial score (nSPS) is 13.2. The molecular weight excluding hydrogens is 344 g/mol. The Kier molecular flexibility index (Phi) is 3.63. The van der Waals surface area contributed by atoms with Crippen LogP contribution in [-0.4, -0.2) is 19.9 Å². The summed E-state index contributed by atoms with van der Waals surface area (Å²) in [5.74, 6) is 0. The molecule has 0 unspecified atom stereocenters. The predicted octanol–water partition coefficient (Wildman–Crippen LogP) is 1.93. The Hall–Kier alpha value is -3.40. The first-order valence-corrected chi connectivity index (χ1v) is 9.62. The Morgan fingerprint density at radius 2 is 1.04 bits per heavy atom. The van der Waals surface area contributed by atoms with Crippen LogP contribution in [0, 0.1) is 0 Å². The number of hydrogen-bond acceptors (Lipinski definition) is 0. The van der Waals surface area contributed by atoms with Gasteiger partial charge in [-0.3, -0.25) is 0 Å². The van der Waals surface area contributed by atoms with Crippen molar-refractivity contribution >= 4 is 24.3 Å². The van der Waals surface area contributed by atoms with Crippen molar-refractivity contribution < 1.29 is 0 Å². The van der Waals surface area contributed by atoms with Gasteiger partial charge in [0.2, 0.25) is 0 Å². The molecule has 1 aliphatic heterocycles. The minimum absolute atomic E-state index is 0.0495. The first-order valence-electron chi connectivity index (χ1n) is 9.62. The Bertz CT molecular complexity index is 1390. The van der Waals surface area contributed by atoms with Gasteiger partial charge < -0.3 is 19.9 Å². The molecule has 5 rings (SSSR count). The molecule has 0 aliphatic carbocycles. The lowest BCUT2D eigenvalue weighted by molar-refractivity contribution is 0.587. The van der Waals surface area contributed by atoms with Gasteiger partial charge in [0.05, 0.1) is 0 Å². The first kappa shape index (κ1) is 16.8. The largest absolute Gasteiger partial charge is 0.355 e. The van der Waals surface area contributed by atoms with Crippen molar-refractivity contribution in [2.24, 2.45) is 0 Å². The molecule has 5 heterocycles. The third-order valence-electron chi connectivity index (χ3n) is 5.10. The maximum atomic E-state index is 3.59. The van der Waals surface area contributed by atoms with E-state index in [1.54, 1.807) is 0 Å². The summed E-state index contributed by atoms with van der Waals surface area (Å²) in [6, 6.07) is 14.9. The van der Waals surface area contributed by atoms with Gasteiger partial charge in [-0.1, -0.05) is 20.8 Å². The Morgan fingerprint density at radius 1 is 0.536 bits per heavy atom. The fourth-order valence-corrected chi connectivity index (χ4v) is 3.76. The van der Waals surface area contributed by atoms with Gasteiger partial charge in [-0.25, -0.2) is 0 Å². The standard InChI is InChI=1S/C24H24N4/c1-24(2,3)22-13-21-12-19-7-6-17(26-19)10-15-4-5-16(25-15)11-18-8-9-20(27-18)14-23(22)28-21/h4-14,25-28H,1-3H3. The lowest BCUT2D eigenvalue weighted by atomic mass is 9.88. The number of aromatic nitrogens is 4. The van der Waals surface area contributed by atoms with E-state index in [-0.39, 0.29) is 5.41 Å². The molecule has 28 heavy (non-hydrogen) atoms. The molecule has 0 saturated carbocycles. The molecular formula is C24H24N4. The van der Waals surface area contributed by atoms with Crippen molar-refractivity contribution in [2.75, 3.05) is 0 Å². The summed E-state index contributed by atoms with van der Waals surface area (Å²) in [6.45, 7) is 6.74. The summed E-state index contributed by atoms with van der Waals surface area (Å²) in [7, 11) is 0. The third kappa shape index (κ3) is 3.18. The van der Waals surface area contributed by atoms with Crippen LogP contribution >= 0.6 is 0 Å². The highest BCUT2D eigenvalue weighted by atomic mass is 14.8. The van der Waals surface area contributed by atoms with Gasteiger partial charge in [-0.15, -0.1) is 0 Å². The van der Waals surface area contributed by atoms with Gasteiger partial charge in [0.25, 0.3) is 0 Å². The molecule has 8 bridgehead atoms. The van der Waals surface area contributed by atoms with Crippen LogP contribution in [0.25, 0.3) is 24.3 Å². The lowest BCUT2D eigenvalue weighted by Crippen LogP contribution is -2.21. The minimum Gasteiger partial charge on any atom is -0.355 e. The Balaban J connectivity index is 1.81. The van der Waals surface area contributed by atoms with E-state index in [9.17, 15) is 0 Å². The average Bonchev–Trinajstić information content (AvgIpc) is 3.38. The Morgan fingerprint density at radius 3 is 1.57 bits per heavy atom. The molecule has 0 spiro atoms. The van der Waals surface area contributed by atoms with Crippen molar-refractivity contribution in [1.82, 2.24) is 19.9 Å². The molecule has 4 heteroatoms. The van der Waals surface area contributed by atoms with Crippen LogP contribution in [-0.2, 0) is 5.41 Å². The van der Waals surface area contributed by atoms with Gasteiger partial charge in [0.15, 0.2) is 0 Å². The fraction of sp³-hybridized carbons (Fsp3) is 0.167. The quantitative estimate of drug-likeness (QED) is 0.323. The van der Waals surface area contributed by atoms with E-state index in [0.717, 1.165) is 44.2 Å². The van der Waals surface area contributed by atoms with Crippen LogP contribution in [0.4, 0.5) is 0 Å². The molecule has 4 aromatic heterocycles. The molecule has 4 N–H and O–H groups in total. The van der Waals surface area contributed by atoms with E-state index in [1.165, 1.54) is 5.56 Å². The predicted molar refractivity (Wildman–Crippen MR) is 115 cm³/mol. The third-order valence-corrected chi connectivity index (χ3v) is 5.10. The Labute approximate surface area is 163 Å². The number of fused-ring (bicyclic) bond motifs is 8. The minimum atomic E-state index is 0.0495. The highest BCUT2D eigenvalue weighted by Gasteiger charge is 2.16. The molecule has 0 saturated heterocycles. The molecule has 140 valence electrons. The molecule has 4 nitrogen and oxygen atoms in total. The van der Waals surface area contributed by atoms with Crippen LogP contribution in [0.15, 0.2) is 42.5 Å². The number of aromatic amines is 4. The van der Waals surface area contributed by atoms with Gasteiger partial charge >= 0.3 is 0 Å². The van der Waals surface area contributed by atoms with E-state index in [4.69, 9.17) is 0 Å². The first-order chi connectivity index (χ1) is 13.4. The van der Waals surface area contributed by atoms with Crippen LogP contribution in [0.2, 0.25) is 0 Å². The maximum absolute atomic E-state index is 3.59. The highest BCUT2D eigenvalue weighted by molar-refractivity contribution is 5.56. The van der Waals surface area contributed by atoms with E-state index < -0.39 is 0 Å². The number of rotatable bonds is 0. The maximum Gasteiger partial charge on any atom is 0.0443 e. The number of nitrogens with one attached hydrogen (secondary N) is 4. The second-order valence-corrected chi connectivity index (χ2v) is 8.49. The van der Waals surface area contributed by atoms with Gasteiger partial charge in [-0.2, -0.15) is 0 Å². The second kappa shape index (κ2) is 6.06. The van der Waals surface area contributed by atoms with E-state index in [2.05, 4.69) is 107 Å². The number of hydrogen-bond donors (Lipinski definition) is 4. The SMILES string of the molecule is CC(C)(C)c1cc2[nH]c1=Cc1ccc([nH]1)C=c1ccc([nH]1)=Cc1ccc([nH]1)C=2. The second-order valence-electron chi connectivity index (χ2n) is 8.49. The van der Waals surface area contributed by atoms with Crippen molar-refractivity contribution in [3.8, 4) is 0 Å². The van der Waals surface area contributed by atoms with Crippen molar-refractivity contribution in [2.45, 2.75) is 26.2 Å². The summed E-state index contributed by atoms with van der Waals surface area (Å²) >= 11 is 0. The van der Waals surface area contributed by atoms with E-state index >= 15 is 0 Å². The molecule has 0 amide bonds. The van der Waals surface area contributed by atoms with Crippen LogP contribution in [0.1, 0.15) is 49.1 Å². The van der Waals surface area contributed by atoms with Crippen molar-refractivity contribution in [3.63, 3.8) is 0 Å². The van der Waals surface area contributed by atoms with Gasteiger partial charge in [-0.05, 0) is 77.7 Å². The van der Waals surface area contributed by atoms with Crippen molar-refractivity contribution in [1.29, 1.82) is 0 Å². The fourth-order valence-electron chi connectivity index (χ4n) is 3.76. The van der Waals surface area contributed by atoms with E-state index in [1.807, 2.05) is 0 Å². The smallest absolute Gasteiger partial charge is 0.0443 e. The molecule has 1 aliphatic rings. The van der Waals surface area contributed by atoms with Crippen LogP contribution in [0.5, 0.6) is 0 Å². The van der Waals surface area contributed by atoms with E-state index in [0.29, 0.717) is 0 Å². The van der Waals surface area contributed by atoms with Gasteiger partial charge in [0, 0.05) is 44.2 Å². The molecule has 0 atom stereocenters. The topological polar surface area (TPSA) is 63.2 Å². The number of H-pyrrole nitrogens is 4. The molecule has 0 radical (unpaired) electrons. The lowest BCUT2D eigenvalue weighted by Gasteiger charge is -2.16. The molecule has 4 aromatic rings. The monoisotopic (exact) mass is 368 g/mol. The zero-order valence-corrected chi connectivity index (χ0v) is 16.4. The average molecular weight is 368 g/mol. The summed E-state index contributed by atoms with van der Waals surface area (Å²) in [6.07, 6.45) is 8.59. The highest BCUT2D eigenvalue weighted by Crippen LogP contribution is 2.17. The summed E-state index contributed by atoms with van der Waals surface area (Å²) in [5, 5.41) is 4.38. The molecule has 0 aromatic carbocycles. The summed E-state index contributed by atoms with van der Waals surface area (Å²) in [4.78, 5) is 14.0. The van der Waals surface area contributed by atoms with Gasteiger partial charge in [0.1, 0.15) is 0 Å².